The number of nitrogens with one attached hydrogen (secondary N) is 1. The Morgan fingerprint density at radius 3 is 1.95 bits per heavy atom. The van der Waals surface area contributed by atoms with Gasteiger partial charge in [0.05, 0.1) is 10.0 Å². The fourth-order valence-electron chi connectivity index (χ4n) is 2.70. The highest BCUT2D eigenvalue weighted by molar-refractivity contribution is 6.37. The Kier molecular flexibility index (Phi) is 3.27. The number of phenols is 1. The molecule has 3 nitrogen and oxygen atoms in total. The number of hydrogen-bond acceptors (Lipinski definition) is 2. The topological polar surface area (TPSA) is 49.3 Å². The number of halogens is 2. The first-order valence-corrected chi connectivity index (χ1v) is 6.83. The fourth-order valence-corrected chi connectivity index (χ4v) is 3.19. The van der Waals surface area contributed by atoms with Gasteiger partial charge in [-0.15, -0.1) is 0 Å². The van der Waals surface area contributed by atoms with Crippen molar-refractivity contribution in [1.29, 1.82) is 0 Å². The molecule has 2 N–H and O–H groups in total. The summed E-state index contributed by atoms with van der Waals surface area (Å²) in [6.45, 7) is 8.31. The summed E-state index contributed by atoms with van der Waals surface area (Å²) in [6.07, 6.45) is 0. The van der Waals surface area contributed by atoms with Gasteiger partial charge in [-0.2, -0.15) is 0 Å². The molecule has 19 heavy (non-hydrogen) atoms. The summed E-state index contributed by atoms with van der Waals surface area (Å²) in [5.41, 5.74) is 0.444. The van der Waals surface area contributed by atoms with Crippen LogP contribution < -0.4 is 5.32 Å². The van der Waals surface area contributed by atoms with E-state index in [0.29, 0.717) is 5.69 Å². The molecule has 1 aliphatic rings. The maximum Gasteiger partial charge on any atom is 0.228 e. The number of phenolic OH excluding ortho intramolecular Hbond substituents is 1. The normalized spacial score (nSPS) is 20.1. The van der Waals surface area contributed by atoms with Crippen LogP contribution in [0.15, 0.2) is 12.1 Å². The minimum atomic E-state index is -0.173. The Labute approximate surface area is 122 Å². The van der Waals surface area contributed by atoms with Gasteiger partial charge in [0.2, 0.25) is 5.91 Å². The van der Waals surface area contributed by atoms with Crippen LogP contribution in [0.3, 0.4) is 0 Å². The molecular weight excluding hydrogens is 285 g/mol. The lowest BCUT2D eigenvalue weighted by atomic mass is 10.0. The van der Waals surface area contributed by atoms with Crippen LogP contribution in [0.5, 0.6) is 5.75 Å². The van der Waals surface area contributed by atoms with Crippen molar-refractivity contribution in [2.45, 2.75) is 27.7 Å². The number of aromatic hydroxyl groups is 1. The molecule has 1 aromatic carbocycles. The van der Waals surface area contributed by atoms with E-state index in [0.717, 1.165) is 0 Å². The third-order valence-electron chi connectivity index (χ3n) is 4.57. The van der Waals surface area contributed by atoms with Crippen molar-refractivity contribution in [3.8, 4) is 5.75 Å². The smallest absolute Gasteiger partial charge is 0.228 e. The first-order valence-electron chi connectivity index (χ1n) is 6.08. The third-order valence-corrected chi connectivity index (χ3v) is 5.14. The van der Waals surface area contributed by atoms with Gasteiger partial charge in [-0.1, -0.05) is 50.9 Å². The predicted molar refractivity (Wildman–Crippen MR) is 77.8 cm³/mol. The van der Waals surface area contributed by atoms with Gasteiger partial charge in [0.15, 0.2) is 5.75 Å². The van der Waals surface area contributed by atoms with Crippen LogP contribution in [-0.2, 0) is 4.79 Å². The lowest BCUT2D eigenvalue weighted by molar-refractivity contribution is -0.118. The van der Waals surface area contributed by atoms with Gasteiger partial charge in [0.1, 0.15) is 0 Å². The third kappa shape index (κ3) is 2.19. The molecule has 1 saturated carbocycles. The average molecular weight is 302 g/mol. The minimum absolute atomic E-state index is 0.0262. The van der Waals surface area contributed by atoms with Crippen LogP contribution in [0.4, 0.5) is 5.69 Å². The minimum Gasteiger partial charge on any atom is -0.505 e. The van der Waals surface area contributed by atoms with Crippen LogP contribution in [0.25, 0.3) is 0 Å². The lowest BCUT2D eigenvalue weighted by Gasteiger charge is -2.08. The first-order chi connectivity index (χ1) is 8.59. The van der Waals surface area contributed by atoms with Crippen molar-refractivity contribution in [3.63, 3.8) is 0 Å². The van der Waals surface area contributed by atoms with Crippen molar-refractivity contribution >= 4 is 34.8 Å². The summed E-state index contributed by atoms with van der Waals surface area (Å²) < 4.78 is 0. The molecule has 5 heteroatoms. The van der Waals surface area contributed by atoms with Gasteiger partial charge in [-0.05, 0) is 23.0 Å². The Morgan fingerprint density at radius 2 is 1.58 bits per heavy atom. The number of benzene rings is 1. The molecule has 104 valence electrons. The molecule has 1 fully saturated rings. The van der Waals surface area contributed by atoms with Crippen LogP contribution in [0.1, 0.15) is 27.7 Å². The van der Waals surface area contributed by atoms with E-state index in [-0.39, 0.29) is 38.4 Å². The van der Waals surface area contributed by atoms with Crippen LogP contribution >= 0.6 is 23.2 Å². The molecule has 0 aliphatic heterocycles. The molecule has 0 atom stereocenters. The molecule has 0 heterocycles. The number of amides is 1. The molecule has 0 radical (unpaired) electrons. The average Bonchev–Trinajstić information content (AvgIpc) is 2.65. The first kappa shape index (κ1) is 14.5. The highest BCUT2D eigenvalue weighted by Gasteiger charge is 2.68. The summed E-state index contributed by atoms with van der Waals surface area (Å²) in [6, 6.07) is 2.98. The number of hydrogen-bond donors (Lipinski definition) is 2. The maximum atomic E-state index is 12.3. The zero-order valence-electron chi connectivity index (χ0n) is 11.3. The van der Waals surface area contributed by atoms with Crippen LogP contribution in [-0.4, -0.2) is 11.0 Å². The summed E-state index contributed by atoms with van der Waals surface area (Å²) in [7, 11) is 0. The molecule has 0 saturated heterocycles. The van der Waals surface area contributed by atoms with E-state index in [4.69, 9.17) is 23.2 Å². The number of rotatable bonds is 2. The van der Waals surface area contributed by atoms with E-state index in [1.807, 2.05) is 0 Å². The predicted octanol–water partition coefficient (Wildman–Crippen LogP) is 4.32. The molecule has 1 aliphatic carbocycles. The van der Waals surface area contributed by atoms with Gasteiger partial charge in [-0.25, -0.2) is 0 Å². The second-order valence-electron chi connectivity index (χ2n) is 6.15. The van der Waals surface area contributed by atoms with E-state index in [2.05, 4.69) is 33.0 Å². The number of carbonyl (C=O) groups is 1. The SMILES string of the molecule is CC1(C)C(C(=O)Nc2cc(Cl)c(O)c(Cl)c2)C1(C)C. The zero-order valence-corrected chi connectivity index (χ0v) is 12.9. The molecule has 0 aromatic heterocycles. The van der Waals surface area contributed by atoms with Crippen molar-refractivity contribution in [3.05, 3.63) is 22.2 Å². The molecule has 0 bridgehead atoms. The van der Waals surface area contributed by atoms with E-state index in [9.17, 15) is 9.90 Å². The van der Waals surface area contributed by atoms with E-state index in [1.54, 1.807) is 0 Å². The Bertz CT molecular complexity index is 515. The maximum absolute atomic E-state index is 12.3. The van der Waals surface area contributed by atoms with Crippen molar-refractivity contribution in [2.24, 2.45) is 16.7 Å². The molecule has 1 aromatic rings. The van der Waals surface area contributed by atoms with E-state index >= 15 is 0 Å². The van der Waals surface area contributed by atoms with Crippen LogP contribution in [0, 0.1) is 16.7 Å². The van der Waals surface area contributed by atoms with Gasteiger partial charge < -0.3 is 10.4 Å². The second kappa shape index (κ2) is 4.29. The summed E-state index contributed by atoms with van der Waals surface area (Å²) in [4.78, 5) is 12.3. The zero-order chi connectivity index (χ0) is 14.6. The molecule has 0 unspecified atom stereocenters. The van der Waals surface area contributed by atoms with Crippen molar-refractivity contribution in [1.82, 2.24) is 0 Å². The Morgan fingerprint density at radius 1 is 1.16 bits per heavy atom. The molecular formula is C14H17Cl2NO2. The van der Waals surface area contributed by atoms with Gasteiger partial charge in [0, 0.05) is 11.6 Å². The standard InChI is InChI=1S/C14H17Cl2NO2/c1-13(2)11(14(13,3)4)12(19)17-7-5-8(15)10(18)9(16)6-7/h5-6,11,18H,1-4H3,(H,17,19). The number of anilines is 1. The monoisotopic (exact) mass is 301 g/mol. The number of carbonyl (C=O) groups excluding carboxylic acids is 1. The quantitative estimate of drug-likeness (QED) is 0.799. The summed E-state index contributed by atoms with van der Waals surface area (Å²) in [5.74, 6) is -0.271. The molecule has 0 spiro atoms. The Balaban J connectivity index is 2.18. The largest absolute Gasteiger partial charge is 0.505 e. The summed E-state index contributed by atoms with van der Waals surface area (Å²) in [5, 5.41) is 12.5. The van der Waals surface area contributed by atoms with Gasteiger partial charge in [0.25, 0.3) is 0 Å². The second-order valence-corrected chi connectivity index (χ2v) is 6.97. The lowest BCUT2D eigenvalue weighted by Crippen LogP contribution is -2.17. The van der Waals surface area contributed by atoms with Crippen molar-refractivity contribution in [2.75, 3.05) is 5.32 Å². The molecule has 2 rings (SSSR count). The summed E-state index contributed by atoms with van der Waals surface area (Å²) >= 11 is 11.6. The molecule has 1 amide bonds. The highest BCUT2D eigenvalue weighted by Crippen LogP contribution is 2.68. The van der Waals surface area contributed by atoms with Gasteiger partial charge >= 0.3 is 0 Å². The van der Waals surface area contributed by atoms with E-state index < -0.39 is 0 Å². The fraction of sp³-hybridized carbons (Fsp3) is 0.500. The Hall–Kier alpha value is -0.930. The van der Waals surface area contributed by atoms with E-state index in [1.165, 1.54) is 12.1 Å². The van der Waals surface area contributed by atoms with Crippen LogP contribution in [0.2, 0.25) is 10.0 Å². The highest BCUT2D eigenvalue weighted by atomic mass is 35.5. The van der Waals surface area contributed by atoms with Gasteiger partial charge in [-0.3, -0.25) is 4.79 Å². The van der Waals surface area contributed by atoms with Crippen molar-refractivity contribution < 1.29 is 9.90 Å².